The monoisotopic (exact) mass is 293 g/mol. The quantitative estimate of drug-likeness (QED) is 0.844. The van der Waals surface area contributed by atoms with Gasteiger partial charge in [0.1, 0.15) is 12.6 Å². The van der Waals surface area contributed by atoms with Crippen molar-refractivity contribution < 1.29 is 19.4 Å². The lowest BCUT2D eigenvalue weighted by molar-refractivity contribution is -0.139. The summed E-state index contributed by atoms with van der Waals surface area (Å²) < 4.78 is 5.03. The molecule has 0 heterocycles. The van der Waals surface area contributed by atoms with Crippen LogP contribution in [0.2, 0.25) is 0 Å². The lowest BCUT2D eigenvalue weighted by atomic mass is 9.89. The highest BCUT2D eigenvalue weighted by Crippen LogP contribution is 2.21. The van der Waals surface area contributed by atoms with Gasteiger partial charge < -0.3 is 15.2 Å². The summed E-state index contributed by atoms with van der Waals surface area (Å²) in [5.74, 6) is -1.05. The van der Waals surface area contributed by atoms with E-state index in [0.29, 0.717) is 12.8 Å². The van der Waals surface area contributed by atoms with Crippen molar-refractivity contribution in [2.75, 3.05) is 0 Å². The van der Waals surface area contributed by atoms with Gasteiger partial charge in [0.15, 0.2) is 0 Å². The van der Waals surface area contributed by atoms with Gasteiger partial charge in [-0.15, -0.1) is 0 Å². The maximum atomic E-state index is 11.7. The van der Waals surface area contributed by atoms with Gasteiger partial charge in [0.2, 0.25) is 0 Å². The molecule has 21 heavy (non-hydrogen) atoms. The number of carboxylic acids is 1. The second-order valence-corrected chi connectivity index (χ2v) is 6.20. The number of carboxylic acid groups (broad SMARTS) is 1. The topological polar surface area (TPSA) is 75.6 Å². The molecule has 0 aliphatic heterocycles. The smallest absolute Gasteiger partial charge is 0.408 e. The third-order valence-electron chi connectivity index (χ3n) is 2.99. The maximum Gasteiger partial charge on any atom is 0.408 e. The number of amides is 1. The molecule has 1 rings (SSSR count). The number of alkyl carbamates (subject to hydrolysis) is 1. The Kier molecular flexibility index (Phi) is 6.21. The summed E-state index contributed by atoms with van der Waals surface area (Å²) in [5, 5.41) is 11.5. The third-order valence-corrected chi connectivity index (χ3v) is 2.99. The first-order chi connectivity index (χ1) is 9.78. The molecule has 1 aromatic rings. The highest BCUT2D eigenvalue weighted by molar-refractivity contribution is 5.79. The molecular formula is C16H23NO4. The minimum Gasteiger partial charge on any atom is -0.480 e. The molecule has 0 aromatic heterocycles. The second-order valence-electron chi connectivity index (χ2n) is 6.20. The van der Waals surface area contributed by atoms with E-state index in [-0.39, 0.29) is 12.0 Å². The minimum absolute atomic E-state index is 0.0172. The molecule has 0 spiro atoms. The Morgan fingerprint density at radius 1 is 1.24 bits per heavy atom. The molecule has 0 saturated heterocycles. The van der Waals surface area contributed by atoms with Crippen LogP contribution in [0.5, 0.6) is 0 Å². The predicted molar refractivity (Wildman–Crippen MR) is 79.9 cm³/mol. The lowest BCUT2D eigenvalue weighted by Gasteiger charge is -2.21. The number of aliphatic carboxylic acids is 1. The molecule has 5 heteroatoms. The summed E-state index contributed by atoms with van der Waals surface area (Å²) in [6.45, 7) is 6.21. The van der Waals surface area contributed by atoms with Gasteiger partial charge in [-0.25, -0.2) is 9.59 Å². The van der Waals surface area contributed by atoms with Gasteiger partial charge >= 0.3 is 12.1 Å². The Morgan fingerprint density at radius 2 is 1.86 bits per heavy atom. The Labute approximate surface area is 125 Å². The van der Waals surface area contributed by atoms with E-state index in [2.05, 4.69) is 5.32 Å². The number of ether oxygens (including phenoxy) is 1. The molecule has 0 aliphatic rings. The molecule has 116 valence electrons. The number of benzene rings is 1. The molecule has 1 unspecified atom stereocenters. The SMILES string of the molecule is CC(C)(C)CCC(NC(=O)OCc1ccccc1)C(=O)O. The lowest BCUT2D eigenvalue weighted by Crippen LogP contribution is -2.41. The van der Waals surface area contributed by atoms with Gasteiger partial charge in [0.05, 0.1) is 0 Å². The molecule has 0 aliphatic carbocycles. The number of nitrogens with one attached hydrogen (secondary N) is 1. The van der Waals surface area contributed by atoms with Gasteiger partial charge in [-0.1, -0.05) is 51.1 Å². The van der Waals surface area contributed by atoms with Gasteiger partial charge in [0.25, 0.3) is 0 Å². The normalized spacial score (nSPS) is 12.5. The number of hydrogen-bond acceptors (Lipinski definition) is 3. The average Bonchev–Trinajstić information content (AvgIpc) is 2.41. The zero-order valence-corrected chi connectivity index (χ0v) is 12.8. The van der Waals surface area contributed by atoms with Gasteiger partial charge in [0, 0.05) is 0 Å². The molecule has 0 bridgehead atoms. The van der Waals surface area contributed by atoms with Gasteiger partial charge in [-0.3, -0.25) is 0 Å². The van der Waals surface area contributed by atoms with E-state index in [9.17, 15) is 9.59 Å². The van der Waals surface area contributed by atoms with Gasteiger partial charge in [-0.05, 0) is 23.8 Å². The van der Waals surface area contributed by atoms with E-state index in [1.54, 1.807) is 0 Å². The summed E-state index contributed by atoms with van der Waals surface area (Å²) in [6, 6.07) is 8.31. The van der Waals surface area contributed by atoms with Crippen LogP contribution in [0.4, 0.5) is 4.79 Å². The molecule has 1 aromatic carbocycles. The molecule has 2 N–H and O–H groups in total. The first-order valence-corrected chi connectivity index (χ1v) is 6.98. The van der Waals surface area contributed by atoms with Crippen molar-refractivity contribution in [3.63, 3.8) is 0 Å². The van der Waals surface area contributed by atoms with Crippen LogP contribution < -0.4 is 5.32 Å². The van der Waals surface area contributed by atoms with E-state index in [4.69, 9.17) is 9.84 Å². The number of carbonyl (C=O) groups excluding carboxylic acids is 1. The van der Waals surface area contributed by atoms with Crippen LogP contribution in [-0.4, -0.2) is 23.2 Å². The third kappa shape index (κ3) is 7.34. The average molecular weight is 293 g/mol. The maximum absolute atomic E-state index is 11.7. The molecule has 1 atom stereocenters. The first kappa shape index (κ1) is 17.0. The zero-order chi connectivity index (χ0) is 15.9. The van der Waals surface area contributed by atoms with Crippen molar-refractivity contribution in [2.24, 2.45) is 5.41 Å². The summed E-state index contributed by atoms with van der Waals surface area (Å²) in [4.78, 5) is 22.8. The molecule has 1 amide bonds. The van der Waals surface area contributed by atoms with Crippen LogP contribution in [0.1, 0.15) is 39.2 Å². The highest BCUT2D eigenvalue weighted by Gasteiger charge is 2.23. The Morgan fingerprint density at radius 3 is 2.38 bits per heavy atom. The van der Waals surface area contributed by atoms with Crippen LogP contribution in [0, 0.1) is 5.41 Å². The number of hydrogen-bond donors (Lipinski definition) is 2. The number of rotatable bonds is 6. The van der Waals surface area contributed by atoms with Crippen LogP contribution >= 0.6 is 0 Å². The summed E-state index contributed by atoms with van der Waals surface area (Å²) >= 11 is 0. The van der Waals surface area contributed by atoms with Crippen LogP contribution in [0.15, 0.2) is 30.3 Å². The molecule has 0 fully saturated rings. The fraction of sp³-hybridized carbons (Fsp3) is 0.500. The fourth-order valence-corrected chi connectivity index (χ4v) is 1.74. The van der Waals surface area contributed by atoms with Crippen molar-refractivity contribution in [1.82, 2.24) is 5.32 Å². The minimum atomic E-state index is -1.05. The highest BCUT2D eigenvalue weighted by atomic mass is 16.5. The van der Waals surface area contributed by atoms with Crippen molar-refractivity contribution >= 4 is 12.1 Å². The molecule has 0 saturated carbocycles. The largest absolute Gasteiger partial charge is 0.480 e. The van der Waals surface area contributed by atoms with E-state index >= 15 is 0 Å². The van der Waals surface area contributed by atoms with Crippen LogP contribution in [-0.2, 0) is 16.1 Å². The Bertz CT molecular complexity index is 465. The van der Waals surface area contributed by atoms with Crippen LogP contribution in [0.3, 0.4) is 0 Å². The first-order valence-electron chi connectivity index (χ1n) is 6.98. The van der Waals surface area contributed by atoms with E-state index in [1.807, 2.05) is 51.1 Å². The standard InChI is InChI=1S/C16H23NO4/c1-16(2,3)10-9-13(14(18)19)17-15(20)21-11-12-7-5-4-6-8-12/h4-8,13H,9-11H2,1-3H3,(H,17,20)(H,18,19). The fourth-order valence-electron chi connectivity index (χ4n) is 1.74. The van der Waals surface area contributed by atoms with Crippen LogP contribution in [0.25, 0.3) is 0 Å². The summed E-state index contributed by atoms with van der Waals surface area (Å²) in [6.07, 6.45) is 0.363. The second kappa shape index (κ2) is 7.67. The Hall–Kier alpha value is -2.04. The zero-order valence-electron chi connectivity index (χ0n) is 12.8. The van der Waals surface area contributed by atoms with Gasteiger partial charge in [-0.2, -0.15) is 0 Å². The van der Waals surface area contributed by atoms with E-state index < -0.39 is 18.1 Å². The predicted octanol–water partition coefficient (Wildman–Crippen LogP) is 3.19. The molecule has 5 nitrogen and oxygen atoms in total. The molecule has 0 radical (unpaired) electrons. The summed E-state index contributed by atoms with van der Waals surface area (Å²) in [5.41, 5.74) is 0.873. The molecular weight excluding hydrogens is 270 g/mol. The van der Waals surface area contributed by atoms with Crippen molar-refractivity contribution in [3.05, 3.63) is 35.9 Å². The number of carbonyl (C=O) groups is 2. The summed E-state index contributed by atoms with van der Waals surface area (Å²) in [7, 11) is 0. The van der Waals surface area contributed by atoms with Crippen molar-refractivity contribution in [2.45, 2.75) is 46.3 Å². The van der Waals surface area contributed by atoms with Crippen molar-refractivity contribution in [3.8, 4) is 0 Å². The Balaban J connectivity index is 2.43. The van der Waals surface area contributed by atoms with Crippen molar-refractivity contribution in [1.29, 1.82) is 0 Å². The van der Waals surface area contributed by atoms with E-state index in [1.165, 1.54) is 0 Å². The van der Waals surface area contributed by atoms with E-state index in [0.717, 1.165) is 5.56 Å².